The van der Waals surface area contributed by atoms with Crippen LogP contribution >= 0.6 is 35.3 Å². The number of para-hydroxylation sites is 1. The molecule has 0 atom stereocenters. The highest BCUT2D eigenvalue weighted by molar-refractivity contribution is 14.0. The molecule has 0 aliphatic carbocycles. The molecule has 0 radical (unpaired) electrons. The third kappa shape index (κ3) is 7.63. The number of hydrogen-bond donors (Lipinski definition) is 3. The quantitative estimate of drug-likeness (QED) is 0.206. The van der Waals surface area contributed by atoms with E-state index in [4.69, 9.17) is 4.74 Å². The van der Waals surface area contributed by atoms with Gasteiger partial charge in [0.2, 0.25) is 0 Å². The van der Waals surface area contributed by atoms with Crippen molar-refractivity contribution >= 4 is 47.2 Å². The maximum atomic E-state index is 12.1. The van der Waals surface area contributed by atoms with E-state index in [2.05, 4.69) is 25.9 Å². The fraction of sp³-hybridized carbons (Fsp3) is 0.421. The number of aromatic nitrogens is 1. The molecule has 7 nitrogen and oxygen atoms in total. The molecule has 0 saturated carbocycles. The van der Waals surface area contributed by atoms with Gasteiger partial charge in [-0.25, -0.2) is 4.98 Å². The maximum Gasteiger partial charge on any atom is 0.263 e. The van der Waals surface area contributed by atoms with E-state index in [9.17, 15) is 4.79 Å². The molecular weight excluding hydrogens is 489 g/mol. The minimum absolute atomic E-state index is 0. The van der Waals surface area contributed by atoms with E-state index in [0.717, 1.165) is 35.9 Å². The van der Waals surface area contributed by atoms with E-state index >= 15 is 0 Å². The van der Waals surface area contributed by atoms with Crippen LogP contribution in [-0.4, -0.2) is 50.1 Å². The Kier molecular flexibility index (Phi) is 11.5. The van der Waals surface area contributed by atoms with E-state index in [0.29, 0.717) is 24.5 Å². The number of ether oxygens (including phenoxy) is 1. The number of methoxy groups -OCH3 is 1. The first-order chi connectivity index (χ1) is 13.2. The summed E-state index contributed by atoms with van der Waals surface area (Å²) in [5, 5.41) is 9.33. The Morgan fingerprint density at radius 3 is 2.64 bits per heavy atom. The van der Waals surface area contributed by atoms with E-state index in [1.54, 1.807) is 12.6 Å². The fourth-order valence-electron chi connectivity index (χ4n) is 2.50. The van der Waals surface area contributed by atoms with Crippen LogP contribution in [0.25, 0.3) is 0 Å². The molecule has 0 bridgehead atoms. The number of carbonyl (C=O) groups excluding carboxylic acids is 1. The van der Waals surface area contributed by atoms with Crippen molar-refractivity contribution in [2.24, 2.45) is 4.99 Å². The van der Waals surface area contributed by atoms with E-state index in [1.165, 1.54) is 11.3 Å². The first kappa shape index (κ1) is 24.2. The second kappa shape index (κ2) is 13.3. The Bertz CT molecular complexity index is 766. The molecule has 28 heavy (non-hydrogen) atoms. The fourth-order valence-corrected chi connectivity index (χ4v) is 3.22. The molecule has 0 fully saturated rings. The topological polar surface area (TPSA) is 87.6 Å². The minimum atomic E-state index is -0.0880. The lowest BCUT2D eigenvalue weighted by Crippen LogP contribution is -2.41. The lowest BCUT2D eigenvalue weighted by atomic mass is 10.1. The van der Waals surface area contributed by atoms with Gasteiger partial charge in [0.25, 0.3) is 5.91 Å². The van der Waals surface area contributed by atoms with Gasteiger partial charge in [-0.15, -0.1) is 35.3 Å². The Balaban J connectivity index is 0.00000392. The van der Waals surface area contributed by atoms with Gasteiger partial charge in [0.1, 0.15) is 10.6 Å². The average molecular weight is 517 g/mol. The number of amides is 1. The summed E-state index contributed by atoms with van der Waals surface area (Å²) in [4.78, 5) is 21.4. The molecule has 2 aromatic rings. The molecule has 0 unspecified atom stereocenters. The number of benzene rings is 1. The van der Waals surface area contributed by atoms with Crippen LogP contribution in [0.15, 0.2) is 34.8 Å². The van der Waals surface area contributed by atoms with Gasteiger partial charge in [-0.3, -0.25) is 9.79 Å². The van der Waals surface area contributed by atoms with Gasteiger partial charge in [-0.05, 0) is 31.9 Å². The zero-order valence-electron chi connectivity index (χ0n) is 16.4. The number of nitrogens with one attached hydrogen (secondary N) is 3. The lowest BCUT2D eigenvalue weighted by molar-refractivity contribution is 0.0957. The number of hydrogen-bond acceptors (Lipinski definition) is 5. The lowest BCUT2D eigenvalue weighted by Gasteiger charge is -2.12. The molecule has 0 aliphatic rings. The Hall–Kier alpha value is -1.88. The summed E-state index contributed by atoms with van der Waals surface area (Å²) < 4.78 is 5.37. The SMILES string of the molecule is CCNC(=NCCc1ccccc1OC)NCCNC(=O)c1scnc1C.I. The van der Waals surface area contributed by atoms with Crippen molar-refractivity contribution in [1.82, 2.24) is 20.9 Å². The number of aryl methyl sites for hydroxylation is 1. The third-order valence-corrected chi connectivity index (χ3v) is 4.77. The molecule has 1 aromatic carbocycles. The van der Waals surface area contributed by atoms with Gasteiger partial charge in [0.05, 0.1) is 18.3 Å². The Morgan fingerprint density at radius 2 is 1.96 bits per heavy atom. The highest BCUT2D eigenvalue weighted by Gasteiger charge is 2.10. The first-order valence-electron chi connectivity index (χ1n) is 8.98. The third-order valence-electron chi connectivity index (χ3n) is 3.84. The van der Waals surface area contributed by atoms with Gasteiger partial charge in [0, 0.05) is 26.2 Å². The van der Waals surface area contributed by atoms with Crippen LogP contribution in [0.3, 0.4) is 0 Å². The second-order valence-corrected chi connectivity index (χ2v) is 6.63. The smallest absolute Gasteiger partial charge is 0.263 e. The largest absolute Gasteiger partial charge is 0.496 e. The Labute approximate surface area is 187 Å². The van der Waals surface area contributed by atoms with Gasteiger partial charge >= 0.3 is 0 Å². The van der Waals surface area contributed by atoms with Crippen LogP contribution in [0.2, 0.25) is 0 Å². The Morgan fingerprint density at radius 1 is 1.21 bits per heavy atom. The minimum Gasteiger partial charge on any atom is -0.496 e. The number of guanidine groups is 1. The first-order valence-corrected chi connectivity index (χ1v) is 9.86. The summed E-state index contributed by atoms with van der Waals surface area (Å²) in [6.45, 7) is 6.36. The average Bonchev–Trinajstić information content (AvgIpc) is 3.11. The van der Waals surface area contributed by atoms with Crippen molar-refractivity contribution in [3.8, 4) is 5.75 Å². The van der Waals surface area contributed by atoms with Crippen molar-refractivity contribution in [1.29, 1.82) is 0 Å². The normalized spacial score (nSPS) is 10.8. The van der Waals surface area contributed by atoms with E-state index in [1.807, 2.05) is 38.1 Å². The highest BCUT2D eigenvalue weighted by atomic mass is 127. The summed E-state index contributed by atoms with van der Waals surface area (Å²) in [6.07, 6.45) is 0.794. The van der Waals surface area contributed by atoms with Crippen molar-refractivity contribution in [2.75, 3.05) is 33.3 Å². The molecule has 0 saturated heterocycles. The van der Waals surface area contributed by atoms with E-state index in [-0.39, 0.29) is 29.9 Å². The number of carbonyl (C=O) groups is 1. The summed E-state index contributed by atoms with van der Waals surface area (Å²) in [6, 6.07) is 7.96. The van der Waals surface area contributed by atoms with Crippen molar-refractivity contribution in [2.45, 2.75) is 20.3 Å². The predicted molar refractivity (Wildman–Crippen MR) is 125 cm³/mol. The molecule has 1 heterocycles. The zero-order chi connectivity index (χ0) is 19.5. The number of rotatable bonds is 9. The second-order valence-electron chi connectivity index (χ2n) is 5.77. The molecule has 154 valence electrons. The summed E-state index contributed by atoms with van der Waals surface area (Å²) >= 11 is 1.35. The van der Waals surface area contributed by atoms with Gasteiger partial charge in [-0.1, -0.05) is 18.2 Å². The van der Waals surface area contributed by atoms with Crippen molar-refractivity contribution in [3.05, 3.63) is 45.9 Å². The number of halogens is 1. The predicted octanol–water partition coefficient (Wildman–Crippen LogP) is 2.61. The molecule has 1 aromatic heterocycles. The maximum absolute atomic E-state index is 12.1. The van der Waals surface area contributed by atoms with Crippen LogP contribution in [-0.2, 0) is 6.42 Å². The van der Waals surface area contributed by atoms with E-state index < -0.39 is 0 Å². The molecule has 1 amide bonds. The molecule has 9 heteroatoms. The zero-order valence-corrected chi connectivity index (χ0v) is 19.6. The number of nitrogens with zero attached hydrogens (tertiary/aromatic N) is 2. The molecule has 0 spiro atoms. The standard InChI is InChI=1S/C19H27N5O2S.HI/c1-4-20-19(22-10-9-15-7-5-6-8-16(15)26-3)23-12-11-21-18(25)17-14(2)24-13-27-17;/h5-8,13H,4,9-12H2,1-3H3,(H,21,25)(H2,20,22,23);1H. The van der Waals surface area contributed by atoms with Gasteiger partial charge < -0.3 is 20.7 Å². The monoisotopic (exact) mass is 517 g/mol. The molecule has 3 N–H and O–H groups in total. The van der Waals surface area contributed by atoms with Crippen molar-refractivity contribution in [3.63, 3.8) is 0 Å². The highest BCUT2D eigenvalue weighted by Crippen LogP contribution is 2.17. The van der Waals surface area contributed by atoms with Crippen LogP contribution in [0.4, 0.5) is 0 Å². The van der Waals surface area contributed by atoms with Gasteiger partial charge in [0.15, 0.2) is 5.96 Å². The number of aliphatic imine (C=N–C) groups is 1. The van der Waals surface area contributed by atoms with Crippen LogP contribution in [0.5, 0.6) is 5.75 Å². The van der Waals surface area contributed by atoms with Gasteiger partial charge in [-0.2, -0.15) is 0 Å². The summed E-state index contributed by atoms with van der Waals surface area (Å²) in [5.74, 6) is 1.53. The molecular formula is C19H28IN5O2S. The van der Waals surface area contributed by atoms with Crippen LogP contribution < -0.4 is 20.7 Å². The summed E-state index contributed by atoms with van der Waals surface area (Å²) in [5.41, 5.74) is 3.57. The van der Waals surface area contributed by atoms with Crippen LogP contribution in [0, 0.1) is 6.92 Å². The molecule has 2 rings (SSSR count). The molecule has 0 aliphatic heterocycles. The number of thiazole rings is 1. The summed E-state index contributed by atoms with van der Waals surface area (Å²) in [7, 11) is 1.68. The van der Waals surface area contributed by atoms with Crippen LogP contribution in [0.1, 0.15) is 27.9 Å². The van der Waals surface area contributed by atoms with Crippen molar-refractivity contribution < 1.29 is 9.53 Å².